The number of fused-ring (bicyclic) bond motifs is 2. The molecule has 1 spiro atoms. The first-order chi connectivity index (χ1) is 17.6. The Bertz CT molecular complexity index is 1320. The summed E-state index contributed by atoms with van der Waals surface area (Å²) < 4.78 is 44.6. The summed E-state index contributed by atoms with van der Waals surface area (Å²) >= 11 is 6.15. The Morgan fingerprint density at radius 2 is 1.84 bits per heavy atom. The van der Waals surface area contributed by atoms with Crippen LogP contribution in [0.25, 0.3) is 0 Å². The van der Waals surface area contributed by atoms with Crippen molar-refractivity contribution in [2.75, 3.05) is 5.32 Å². The molecule has 4 atom stereocenters. The second-order valence-corrected chi connectivity index (χ2v) is 12.7. The Labute approximate surface area is 224 Å². The van der Waals surface area contributed by atoms with Crippen molar-refractivity contribution >= 4 is 29.1 Å². The number of amides is 2. The molecule has 2 heterocycles. The molecule has 2 aliphatic heterocycles. The molecule has 0 aromatic heterocycles. The molecule has 2 fully saturated rings. The van der Waals surface area contributed by atoms with Crippen LogP contribution in [0.3, 0.4) is 0 Å². The largest absolute Gasteiger partial charge is 0.390 e. The number of rotatable bonds is 4. The first kappa shape index (κ1) is 27.0. The van der Waals surface area contributed by atoms with Crippen LogP contribution >= 0.6 is 11.6 Å². The van der Waals surface area contributed by atoms with Gasteiger partial charge in [-0.25, -0.2) is 13.2 Å². The maximum Gasteiger partial charge on any atom is 0.238 e. The van der Waals surface area contributed by atoms with Gasteiger partial charge in [0.1, 0.15) is 11.2 Å². The number of aliphatic hydroxyl groups is 1. The predicted octanol–water partition coefficient (Wildman–Crippen LogP) is 4.54. The number of benzene rings is 2. The van der Waals surface area contributed by atoms with Crippen LogP contribution in [0.15, 0.2) is 30.3 Å². The SMILES string of the molecule is CC(C)(C)C[C@H]1N[C@@H](C(=O)N[C@H]2C[C@@](C)(O)C2)[C@H](c2cccc(Cl)c2F)[C@@]12C(=O)Nc1cc(F)c(F)cc12. The standard InChI is InChI=1S/C28H31ClF3N3O3/c1-26(2,3)12-20-28(15-8-17(30)18(31)9-19(15)34-25(28)37)21(14-6-5-7-16(29)22(14)32)23(35-20)24(36)33-13-10-27(4,38)11-13/h5-9,13,20-21,23,35,38H,10-12H2,1-4H3,(H,33,36)(H,34,37)/t13-,20-,21+,23-,27+,28+/m1/s1. The fourth-order valence-corrected chi connectivity index (χ4v) is 6.74. The molecule has 1 aliphatic carbocycles. The third-order valence-electron chi connectivity index (χ3n) is 8.02. The summed E-state index contributed by atoms with van der Waals surface area (Å²) in [4.78, 5) is 27.7. The van der Waals surface area contributed by atoms with Crippen molar-refractivity contribution in [2.24, 2.45) is 5.41 Å². The molecule has 2 amide bonds. The lowest BCUT2D eigenvalue weighted by atomic mass is 9.62. The van der Waals surface area contributed by atoms with Crippen LogP contribution < -0.4 is 16.0 Å². The van der Waals surface area contributed by atoms with Crippen LogP contribution in [0.2, 0.25) is 5.02 Å². The molecule has 204 valence electrons. The smallest absolute Gasteiger partial charge is 0.238 e. The lowest BCUT2D eigenvalue weighted by Gasteiger charge is -2.42. The van der Waals surface area contributed by atoms with E-state index in [4.69, 9.17) is 11.6 Å². The third-order valence-corrected chi connectivity index (χ3v) is 8.31. The quantitative estimate of drug-likeness (QED) is 0.451. The minimum Gasteiger partial charge on any atom is -0.390 e. The summed E-state index contributed by atoms with van der Waals surface area (Å²) in [6, 6.07) is 4.11. The fourth-order valence-electron chi connectivity index (χ4n) is 6.56. The lowest BCUT2D eigenvalue weighted by Crippen LogP contribution is -2.57. The van der Waals surface area contributed by atoms with Crippen molar-refractivity contribution in [3.05, 3.63) is 63.9 Å². The molecular formula is C28H31ClF3N3O3. The Morgan fingerprint density at radius 3 is 2.47 bits per heavy atom. The molecule has 2 aromatic carbocycles. The maximum atomic E-state index is 15.7. The van der Waals surface area contributed by atoms with E-state index >= 15 is 4.39 Å². The number of hydrogen-bond acceptors (Lipinski definition) is 4. The summed E-state index contributed by atoms with van der Waals surface area (Å²) in [6.45, 7) is 7.55. The Hall–Kier alpha value is -2.62. The molecule has 0 unspecified atom stereocenters. The highest BCUT2D eigenvalue weighted by Crippen LogP contribution is 2.57. The van der Waals surface area contributed by atoms with Crippen molar-refractivity contribution in [2.45, 2.75) is 82.0 Å². The third kappa shape index (κ3) is 4.28. The van der Waals surface area contributed by atoms with Gasteiger partial charge in [0.15, 0.2) is 11.6 Å². The van der Waals surface area contributed by atoms with Crippen LogP contribution in [-0.2, 0) is 15.0 Å². The average molecular weight is 550 g/mol. The highest BCUT2D eigenvalue weighted by Gasteiger charge is 2.66. The molecule has 0 bridgehead atoms. The van der Waals surface area contributed by atoms with Gasteiger partial charge in [0.25, 0.3) is 0 Å². The molecular weight excluding hydrogens is 519 g/mol. The summed E-state index contributed by atoms with van der Waals surface area (Å²) in [5, 5.41) is 18.8. The van der Waals surface area contributed by atoms with Crippen LogP contribution in [0.1, 0.15) is 64.0 Å². The van der Waals surface area contributed by atoms with Gasteiger partial charge in [-0.1, -0.05) is 44.5 Å². The van der Waals surface area contributed by atoms with Gasteiger partial charge in [0.05, 0.1) is 16.7 Å². The Kier molecular flexibility index (Phi) is 6.36. The molecule has 3 aliphatic rings. The van der Waals surface area contributed by atoms with Crippen molar-refractivity contribution in [1.29, 1.82) is 0 Å². The first-order valence-corrected chi connectivity index (χ1v) is 13.1. The minimum absolute atomic E-state index is 0.0231. The second-order valence-electron chi connectivity index (χ2n) is 12.3. The molecule has 38 heavy (non-hydrogen) atoms. The lowest BCUT2D eigenvalue weighted by molar-refractivity contribution is -0.127. The number of carbonyl (C=O) groups excluding carboxylic acids is 2. The monoisotopic (exact) mass is 549 g/mol. The van der Waals surface area contributed by atoms with Crippen LogP contribution in [-0.4, -0.2) is 40.6 Å². The Morgan fingerprint density at radius 1 is 1.18 bits per heavy atom. The molecule has 4 N–H and O–H groups in total. The molecule has 0 radical (unpaired) electrons. The fraction of sp³-hybridized carbons (Fsp3) is 0.500. The number of halogens is 4. The van der Waals surface area contributed by atoms with Gasteiger partial charge in [-0.05, 0) is 54.9 Å². The summed E-state index contributed by atoms with van der Waals surface area (Å²) in [6.07, 6.45) is 1.07. The van der Waals surface area contributed by atoms with Gasteiger partial charge in [-0.2, -0.15) is 0 Å². The van der Waals surface area contributed by atoms with Gasteiger partial charge >= 0.3 is 0 Å². The zero-order valence-corrected chi connectivity index (χ0v) is 22.3. The highest BCUT2D eigenvalue weighted by molar-refractivity contribution is 6.30. The summed E-state index contributed by atoms with van der Waals surface area (Å²) in [5.74, 6) is -5.26. The van der Waals surface area contributed by atoms with Crippen molar-refractivity contribution in [1.82, 2.24) is 10.6 Å². The molecule has 1 saturated carbocycles. The van der Waals surface area contributed by atoms with Crippen molar-refractivity contribution in [3.8, 4) is 0 Å². The van der Waals surface area contributed by atoms with Gasteiger partial charge in [0, 0.05) is 29.8 Å². The van der Waals surface area contributed by atoms with E-state index in [-0.39, 0.29) is 33.3 Å². The average Bonchev–Trinajstić information content (AvgIpc) is 3.24. The topological polar surface area (TPSA) is 90.5 Å². The summed E-state index contributed by atoms with van der Waals surface area (Å²) in [5.41, 5.74) is -2.62. The first-order valence-electron chi connectivity index (χ1n) is 12.7. The van der Waals surface area contributed by atoms with Crippen molar-refractivity contribution in [3.63, 3.8) is 0 Å². The van der Waals surface area contributed by atoms with E-state index in [2.05, 4.69) is 16.0 Å². The molecule has 6 nitrogen and oxygen atoms in total. The van der Waals surface area contributed by atoms with Gasteiger partial charge in [-0.15, -0.1) is 0 Å². The van der Waals surface area contributed by atoms with E-state index in [0.29, 0.717) is 19.3 Å². The normalized spacial score (nSPS) is 32.2. The minimum atomic E-state index is -1.64. The zero-order valence-electron chi connectivity index (χ0n) is 21.6. The van der Waals surface area contributed by atoms with Gasteiger partial charge < -0.3 is 21.1 Å². The van der Waals surface area contributed by atoms with Gasteiger partial charge in [0.2, 0.25) is 11.8 Å². The zero-order chi connectivity index (χ0) is 27.8. The molecule has 2 aromatic rings. The van der Waals surface area contributed by atoms with Crippen molar-refractivity contribution < 1.29 is 27.9 Å². The number of nitrogens with one attached hydrogen (secondary N) is 3. The second kappa shape index (κ2) is 8.96. The van der Waals surface area contributed by atoms with E-state index < -0.39 is 58.3 Å². The van der Waals surface area contributed by atoms with E-state index in [9.17, 15) is 23.5 Å². The highest BCUT2D eigenvalue weighted by atomic mass is 35.5. The predicted molar refractivity (Wildman–Crippen MR) is 137 cm³/mol. The number of carbonyl (C=O) groups is 2. The van der Waals surface area contributed by atoms with E-state index in [1.165, 1.54) is 18.2 Å². The van der Waals surface area contributed by atoms with Crippen LogP contribution in [0.4, 0.5) is 18.9 Å². The van der Waals surface area contributed by atoms with Crippen LogP contribution in [0, 0.1) is 22.9 Å². The maximum absolute atomic E-state index is 15.7. The number of anilines is 1. The number of hydrogen-bond donors (Lipinski definition) is 4. The van der Waals surface area contributed by atoms with Gasteiger partial charge in [-0.3, -0.25) is 9.59 Å². The van der Waals surface area contributed by atoms with E-state index in [1.807, 2.05) is 20.8 Å². The molecule has 10 heteroatoms. The molecule has 5 rings (SSSR count). The molecule has 1 saturated heterocycles. The van der Waals surface area contributed by atoms with E-state index in [1.54, 1.807) is 6.92 Å². The van der Waals surface area contributed by atoms with E-state index in [0.717, 1.165) is 12.1 Å². The summed E-state index contributed by atoms with van der Waals surface area (Å²) in [7, 11) is 0. The Balaban J connectivity index is 1.71. The van der Waals surface area contributed by atoms with Crippen LogP contribution in [0.5, 0.6) is 0 Å².